The van der Waals surface area contributed by atoms with E-state index in [0.29, 0.717) is 26.8 Å². The molecule has 162 valence electrons. The first-order chi connectivity index (χ1) is 15.3. The van der Waals surface area contributed by atoms with E-state index in [2.05, 4.69) is 10.3 Å². The van der Waals surface area contributed by atoms with E-state index < -0.39 is 11.7 Å². The van der Waals surface area contributed by atoms with Gasteiger partial charge in [-0.3, -0.25) is 14.2 Å². The number of thioether (sulfide) groups is 1. The van der Waals surface area contributed by atoms with Crippen LogP contribution in [0.25, 0.3) is 16.6 Å². The summed E-state index contributed by atoms with van der Waals surface area (Å²) in [5, 5.41) is 3.89. The first-order valence-electron chi connectivity index (χ1n) is 9.81. The average molecular weight is 468 g/mol. The van der Waals surface area contributed by atoms with E-state index in [1.54, 1.807) is 55.5 Å². The Balaban J connectivity index is 1.70. The number of carbonyl (C=O) groups is 1. The summed E-state index contributed by atoms with van der Waals surface area (Å²) in [4.78, 5) is 30.5. The maximum atomic E-state index is 14.1. The zero-order chi connectivity index (χ0) is 22.8. The lowest BCUT2D eigenvalue weighted by Gasteiger charge is -2.16. The van der Waals surface area contributed by atoms with Gasteiger partial charge in [0.05, 0.1) is 28.0 Å². The van der Waals surface area contributed by atoms with Crippen LogP contribution in [0.1, 0.15) is 11.1 Å². The monoisotopic (exact) mass is 467 g/mol. The molecule has 0 radical (unpaired) electrons. The van der Waals surface area contributed by atoms with Crippen LogP contribution in [0.5, 0.6) is 0 Å². The largest absolute Gasteiger partial charge is 0.323 e. The number of aryl methyl sites for hydroxylation is 1. The van der Waals surface area contributed by atoms with Crippen LogP contribution in [0.4, 0.5) is 10.1 Å². The molecule has 32 heavy (non-hydrogen) atoms. The van der Waals surface area contributed by atoms with Gasteiger partial charge in [0, 0.05) is 5.02 Å². The first-order valence-corrected chi connectivity index (χ1v) is 11.2. The lowest BCUT2D eigenvalue weighted by atomic mass is 10.2. The number of hydrogen-bond acceptors (Lipinski definition) is 4. The molecule has 0 saturated carbocycles. The van der Waals surface area contributed by atoms with E-state index in [1.807, 2.05) is 6.92 Å². The molecule has 0 fully saturated rings. The van der Waals surface area contributed by atoms with Gasteiger partial charge in [0.2, 0.25) is 5.91 Å². The van der Waals surface area contributed by atoms with Gasteiger partial charge in [-0.15, -0.1) is 0 Å². The van der Waals surface area contributed by atoms with Gasteiger partial charge in [0.1, 0.15) is 5.82 Å². The van der Waals surface area contributed by atoms with Gasteiger partial charge in [0.25, 0.3) is 5.56 Å². The Kier molecular flexibility index (Phi) is 6.30. The van der Waals surface area contributed by atoms with Crippen LogP contribution in [-0.2, 0) is 4.79 Å². The molecule has 4 rings (SSSR count). The maximum Gasteiger partial charge on any atom is 0.266 e. The highest BCUT2D eigenvalue weighted by Crippen LogP contribution is 2.27. The summed E-state index contributed by atoms with van der Waals surface area (Å²) in [5.41, 5.74) is 2.45. The number of benzene rings is 3. The minimum absolute atomic E-state index is 0.0578. The van der Waals surface area contributed by atoms with Crippen molar-refractivity contribution in [2.45, 2.75) is 19.0 Å². The molecule has 4 aromatic rings. The number of hydrogen-bond donors (Lipinski definition) is 1. The summed E-state index contributed by atoms with van der Waals surface area (Å²) in [7, 11) is 0. The van der Waals surface area contributed by atoms with Gasteiger partial charge in [-0.2, -0.15) is 0 Å². The summed E-state index contributed by atoms with van der Waals surface area (Å²) in [5.74, 6) is -0.967. The quantitative estimate of drug-likeness (QED) is 0.310. The van der Waals surface area contributed by atoms with E-state index in [-0.39, 0.29) is 17.0 Å². The normalized spacial score (nSPS) is 11.0. The fourth-order valence-electron chi connectivity index (χ4n) is 3.30. The van der Waals surface area contributed by atoms with Crippen molar-refractivity contribution in [3.05, 3.63) is 93.0 Å². The molecule has 0 bridgehead atoms. The number of fused-ring (bicyclic) bond motifs is 1. The van der Waals surface area contributed by atoms with Crippen LogP contribution in [0.2, 0.25) is 5.02 Å². The fraction of sp³-hybridized carbons (Fsp3) is 0.125. The number of nitrogens with zero attached hydrogens (tertiary/aromatic N) is 2. The number of rotatable bonds is 5. The predicted octanol–water partition coefficient (Wildman–Crippen LogP) is 5.53. The van der Waals surface area contributed by atoms with Crippen molar-refractivity contribution < 1.29 is 9.18 Å². The standard InChI is InChI=1S/C24H19ClFN3O2S/c1-14-10-11-20(18(26)12-14)27-22(30)13-32-24-28-19-8-4-3-6-16(19)23(31)29(24)21-9-5-7-17(25)15(21)2/h3-12H,13H2,1-2H3,(H,27,30). The zero-order valence-electron chi connectivity index (χ0n) is 17.4. The molecule has 1 heterocycles. The molecule has 0 atom stereocenters. The second-order valence-electron chi connectivity index (χ2n) is 7.26. The van der Waals surface area contributed by atoms with Crippen LogP contribution >= 0.6 is 23.4 Å². The summed E-state index contributed by atoms with van der Waals surface area (Å²) >= 11 is 7.38. The van der Waals surface area contributed by atoms with Gasteiger partial charge < -0.3 is 5.32 Å². The second kappa shape index (κ2) is 9.14. The van der Waals surface area contributed by atoms with Gasteiger partial charge in [-0.1, -0.05) is 47.6 Å². The van der Waals surface area contributed by atoms with Crippen LogP contribution in [0, 0.1) is 19.7 Å². The van der Waals surface area contributed by atoms with Gasteiger partial charge in [-0.25, -0.2) is 9.37 Å². The number of carbonyl (C=O) groups excluding carboxylic acids is 1. The highest BCUT2D eigenvalue weighted by atomic mass is 35.5. The molecular formula is C24H19ClFN3O2S. The fourth-order valence-corrected chi connectivity index (χ4v) is 4.27. The Morgan fingerprint density at radius 2 is 1.91 bits per heavy atom. The minimum atomic E-state index is -0.501. The Morgan fingerprint density at radius 1 is 1.12 bits per heavy atom. The van der Waals surface area contributed by atoms with Gasteiger partial charge in [-0.05, 0) is 61.4 Å². The number of anilines is 1. The molecule has 0 aliphatic rings. The van der Waals surface area contributed by atoms with Gasteiger partial charge in [0.15, 0.2) is 5.16 Å². The predicted molar refractivity (Wildman–Crippen MR) is 128 cm³/mol. The van der Waals surface area contributed by atoms with Crippen LogP contribution in [-0.4, -0.2) is 21.2 Å². The molecule has 1 aromatic heterocycles. The number of halogens is 2. The molecule has 1 amide bonds. The highest BCUT2D eigenvalue weighted by molar-refractivity contribution is 7.99. The van der Waals surface area contributed by atoms with E-state index in [9.17, 15) is 14.0 Å². The van der Waals surface area contributed by atoms with Crippen molar-refractivity contribution in [2.24, 2.45) is 0 Å². The molecule has 0 saturated heterocycles. The molecule has 1 N–H and O–H groups in total. The number of amides is 1. The van der Waals surface area contributed by atoms with E-state index in [0.717, 1.165) is 22.9 Å². The lowest BCUT2D eigenvalue weighted by Crippen LogP contribution is -2.23. The number of aromatic nitrogens is 2. The molecule has 0 aliphatic heterocycles. The summed E-state index contributed by atoms with van der Waals surface area (Å²) in [6.45, 7) is 3.59. The van der Waals surface area contributed by atoms with Crippen molar-refractivity contribution in [3.8, 4) is 5.69 Å². The third kappa shape index (κ3) is 4.40. The van der Waals surface area contributed by atoms with Gasteiger partial charge >= 0.3 is 0 Å². The average Bonchev–Trinajstić information content (AvgIpc) is 2.77. The summed E-state index contributed by atoms with van der Waals surface area (Å²) in [6.07, 6.45) is 0. The van der Waals surface area contributed by atoms with Crippen molar-refractivity contribution in [3.63, 3.8) is 0 Å². The topological polar surface area (TPSA) is 64.0 Å². The molecule has 8 heteroatoms. The molecular weight excluding hydrogens is 449 g/mol. The van der Waals surface area contributed by atoms with Crippen molar-refractivity contribution in [1.82, 2.24) is 9.55 Å². The molecule has 3 aromatic carbocycles. The number of nitrogens with one attached hydrogen (secondary N) is 1. The number of para-hydroxylation sites is 1. The Morgan fingerprint density at radius 3 is 2.69 bits per heavy atom. The van der Waals surface area contributed by atoms with E-state index >= 15 is 0 Å². The van der Waals surface area contributed by atoms with Crippen LogP contribution < -0.4 is 10.9 Å². The zero-order valence-corrected chi connectivity index (χ0v) is 18.9. The lowest BCUT2D eigenvalue weighted by molar-refractivity contribution is -0.113. The van der Waals surface area contributed by atoms with Crippen molar-refractivity contribution in [1.29, 1.82) is 0 Å². The molecule has 0 spiro atoms. The van der Waals surface area contributed by atoms with Crippen molar-refractivity contribution >= 4 is 45.9 Å². The second-order valence-corrected chi connectivity index (χ2v) is 8.61. The molecule has 5 nitrogen and oxygen atoms in total. The Hall–Kier alpha value is -3.16. The smallest absolute Gasteiger partial charge is 0.266 e. The summed E-state index contributed by atoms with van der Waals surface area (Å²) < 4.78 is 15.5. The SMILES string of the molecule is Cc1ccc(NC(=O)CSc2nc3ccccc3c(=O)n2-c2cccc(Cl)c2C)c(F)c1. The third-order valence-electron chi connectivity index (χ3n) is 4.96. The molecule has 0 unspecified atom stereocenters. The third-order valence-corrected chi connectivity index (χ3v) is 6.30. The van der Waals surface area contributed by atoms with Crippen LogP contribution in [0.3, 0.4) is 0 Å². The van der Waals surface area contributed by atoms with Crippen LogP contribution in [0.15, 0.2) is 70.6 Å². The Labute approximate surface area is 193 Å². The Bertz CT molecular complexity index is 1400. The first kappa shape index (κ1) is 22.0. The highest BCUT2D eigenvalue weighted by Gasteiger charge is 2.17. The van der Waals surface area contributed by atoms with Crippen molar-refractivity contribution in [2.75, 3.05) is 11.1 Å². The summed E-state index contributed by atoms with van der Waals surface area (Å²) in [6, 6.07) is 16.9. The maximum absolute atomic E-state index is 14.1. The minimum Gasteiger partial charge on any atom is -0.323 e. The van der Waals surface area contributed by atoms with E-state index in [1.165, 1.54) is 16.7 Å². The van der Waals surface area contributed by atoms with E-state index in [4.69, 9.17) is 11.6 Å². The molecule has 0 aliphatic carbocycles.